The molecule has 0 aliphatic heterocycles. The third-order valence-corrected chi connectivity index (χ3v) is 8.82. The van der Waals surface area contributed by atoms with Gasteiger partial charge in [-0.25, -0.2) is 4.57 Å². The van der Waals surface area contributed by atoms with Crippen molar-refractivity contribution in [1.29, 1.82) is 0 Å². The average molecular weight is 725 g/mol. The van der Waals surface area contributed by atoms with Crippen LogP contribution in [0.2, 0.25) is 0 Å². The van der Waals surface area contributed by atoms with Gasteiger partial charge in [0.1, 0.15) is 6.61 Å². The van der Waals surface area contributed by atoms with Gasteiger partial charge in [-0.15, -0.1) is 0 Å². The van der Waals surface area contributed by atoms with E-state index < -0.39 is 32.5 Å². The minimum Gasteiger partial charge on any atom is -0.462 e. The molecule has 0 heterocycles. The van der Waals surface area contributed by atoms with Crippen LogP contribution in [0.3, 0.4) is 0 Å². The summed E-state index contributed by atoms with van der Waals surface area (Å²) in [4.78, 5) is 42.8. The second-order valence-corrected chi connectivity index (χ2v) is 14.5. The van der Waals surface area contributed by atoms with Crippen LogP contribution in [0.5, 0.6) is 0 Å². The number of allylic oxidation sites excluding steroid dienone is 8. The summed E-state index contributed by atoms with van der Waals surface area (Å²) in [6.45, 7) is 3.54. The zero-order valence-electron chi connectivity index (χ0n) is 31.8. The molecule has 0 aromatic carbocycles. The van der Waals surface area contributed by atoms with E-state index in [-0.39, 0.29) is 19.4 Å². The maximum absolute atomic E-state index is 12.4. The monoisotopic (exact) mass is 725 g/mol. The number of carbonyl (C=O) groups is 2. The van der Waals surface area contributed by atoms with Crippen molar-refractivity contribution in [3.8, 4) is 0 Å². The van der Waals surface area contributed by atoms with Crippen LogP contribution in [0.1, 0.15) is 181 Å². The SMILES string of the molecule is CC/C=C/C/C=C/C/C=C/CCCCCCCC(=O)OC[C@H](COP(=O)(O)O)OC(=O)CCCCCCCCCCC/C=C/CCCCCC. The minimum absolute atomic E-state index is 0.205. The Hall–Kier alpha value is -1.99. The Labute approximate surface area is 305 Å². The molecule has 2 N–H and O–H groups in total. The van der Waals surface area contributed by atoms with Gasteiger partial charge in [-0.05, 0) is 70.6 Å². The van der Waals surface area contributed by atoms with Gasteiger partial charge in [-0.1, -0.05) is 146 Å². The Morgan fingerprint density at radius 2 is 0.960 bits per heavy atom. The molecule has 8 nitrogen and oxygen atoms in total. The van der Waals surface area contributed by atoms with E-state index in [9.17, 15) is 14.2 Å². The standard InChI is InChI=1S/C41H73O8P/c1-3-5-7-9-11-13-15-17-19-20-22-24-26-28-30-32-34-36-41(43)49-39(38-48-50(44,45)46)37-47-40(42)35-33-31-29-27-25-23-21-18-16-14-12-10-8-6-4-2/h6,8,12-15,18,21,39H,3-5,7,9-11,16-17,19-20,22-38H2,1-2H3,(H2,44,45,46)/b8-6+,14-12+,15-13+,21-18+/t39-/m1/s1. The van der Waals surface area contributed by atoms with Gasteiger partial charge in [0.25, 0.3) is 0 Å². The van der Waals surface area contributed by atoms with Crippen molar-refractivity contribution in [2.45, 2.75) is 187 Å². The maximum Gasteiger partial charge on any atom is 0.469 e. The summed E-state index contributed by atoms with van der Waals surface area (Å²) in [6.07, 6.45) is 44.0. The zero-order valence-corrected chi connectivity index (χ0v) is 32.7. The molecule has 9 heteroatoms. The molecule has 290 valence electrons. The topological polar surface area (TPSA) is 119 Å². The van der Waals surface area contributed by atoms with Crippen LogP contribution in [0.25, 0.3) is 0 Å². The van der Waals surface area contributed by atoms with Gasteiger partial charge in [-0.2, -0.15) is 0 Å². The first kappa shape index (κ1) is 48.0. The number of rotatable bonds is 36. The fourth-order valence-corrected chi connectivity index (χ4v) is 5.74. The molecule has 0 bridgehead atoms. The predicted octanol–water partition coefficient (Wildman–Crippen LogP) is 12.0. The Bertz CT molecular complexity index is 952. The van der Waals surface area contributed by atoms with Gasteiger partial charge < -0.3 is 19.3 Å². The van der Waals surface area contributed by atoms with Gasteiger partial charge in [0.05, 0.1) is 6.61 Å². The van der Waals surface area contributed by atoms with Crippen molar-refractivity contribution in [3.05, 3.63) is 48.6 Å². The van der Waals surface area contributed by atoms with E-state index >= 15 is 0 Å². The molecular formula is C41H73O8P. The number of hydrogen-bond donors (Lipinski definition) is 2. The molecule has 0 aliphatic rings. The molecule has 0 aromatic rings. The van der Waals surface area contributed by atoms with Crippen LogP contribution < -0.4 is 0 Å². The molecule has 0 rings (SSSR count). The average Bonchev–Trinajstić information content (AvgIpc) is 3.08. The number of phosphoric acid groups is 1. The van der Waals surface area contributed by atoms with Crippen molar-refractivity contribution < 1.29 is 37.9 Å². The smallest absolute Gasteiger partial charge is 0.462 e. The van der Waals surface area contributed by atoms with E-state index in [4.69, 9.17) is 19.3 Å². The van der Waals surface area contributed by atoms with Crippen LogP contribution >= 0.6 is 7.82 Å². The summed E-state index contributed by atoms with van der Waals surface area (Å²) < 4.78 is 26.3. The molecule has 0 radical (unpaired) electrons. The lowest BCUT2D eigenvalue weighted by molar-refractivity contribution is -0.161. The number of hydrogen-bond acceptors (Lipinski definition) is 6. The Balaban J connectivity index is 3.96. The van der Waals surface area contributed by atoms with E-state index in [1.807, 2.05) is 0 Å². The Morgan fingerprint density at radius 1 is 0.540 bits per heavy atom. The van der Waals surface area contributed by atoms with Crippen molar-refractivity contribution in [3.63, 3.8) is 0 Å². The highest BCUT2D eigenvalue weighted by Crippen LogP contribution is 2.36. The molecule has 0 saturated heterocycles. The summed E-state index contributed by atoms with van der Waals surface area (Å²) in [5.41, 5.74) is 0. The number of ether oxygens (including phenoxy) is 2. The summed E-state index contributed by atoms with van der Waals surface area (Å²) in [5, 5.41) is 0. The van der Waals surface area contributed by atoms with Crippen LogP contribution in [0, 0.1) is 0 Å². The largest absolute Gasteiger partial charge is 0.469 e. The number of unbranched alkanes of at least 4 members (excludes halogenated alkanes) is 18. The maximum atomic E-state index is 12.4. The molecule has 0 aliphatic carbocycles. The minimum atomic E-state index is -4.76. The fourth-order valence-electron chi connectivity index (χ4n) is 5.38. The van der Waals surface area contributed by atoms with Crippen LogP contribution in [-0.2, 0) is 28.2 Å². The van der Waals surface area contributed by atoms with Crippen LogP contribution in [-0.4, -0.2) is 41.0 Å². The lowest BCUT2D eigenvalue weighted by Gasteiger charge is -2.18. The van der Waals surface area contributed by atoms with E-state index in [0.29, 0.717) is 12.8 Å². The van der Waals surface area contributed by atoms with Gasteiger partial charge in [0, 0.05) is 12.8 Å². The highest BCUT2D eigenvalue weighted by molar-refractivity contribution is 7.46. The second kappa shape index (κ2) is 36.8. The Morgan fingerprint density at radius 3 is 1.46 bits per heavy atom. The highest BCUT2D eigenvalue weighted by atomic mass is 31.2. The predicted molar refractivity (Wildman–Crippen MR) is 207 cm³/mol. The first-order chi connectivity index (χ1) is 24.3. The molecule has 0 fully saturated rings. The highest BCUT2D eigenvalue weighted by Gasteiger charge is 2.22. The lowest BCUT2D eigenvalue weighted by atomic mass is 10.1. The van der Waals surface area contributed by atoms with E-state index in [1.165, 1.54) is 70.6 Å². The van der Waals surface area contributed by atoms with Gasteiger partial charge >= 0.3 is 19.8 Å². The Kier molecular flexibility index (Phi) is 35.3. The van der Waals surface area contributed by atoms with Gasteiger partial charge in [0.2, 0.25) is 0 Å². The lowest BCUT2D eigenvalue weighted by Crippen LogP contribution is -2.29. The first-order valence-corrected chi connectivity index (χ1v) is 21.5. The first-order valence-electron chi connectivity index (χ1n) is 19.9. The van der Waals surface area contributed by atoms with Gasteiger partial charge in [-0.3, -0.25) is 14.1 Å². The van der Waals surface area contributed by atoms with Crippen molar-refractivity contribution in [2.75, 3.05) is 13.2 Å². The van der Waals surface area contributed by atoms with E-state index in [1.54, 1.807) is 0 Å². The zero-order chi connectivity index (χ0) is 36.8. The summed E-state index contributed by atoms with van der Waals surface area (Å²) >= 11 is 0. The van der Waals surface area contributed by atoms with E-state index in [2.05, 4.69) is 67.0 Å². The number of carbonyl (C=O) groups excluding carboxylic acids is 2. The molecule has 50 heavy (non-hydrogen) atoms. The van der Waals surface area contributed by atoms with Crippen molar-refractivity contribution in [2.24, 2.45) is 0 Å². The molecular weight excluding hydrogens is 651 g/mol. The third-order valence-electron chi connectivity index (χ3n) is 8.33. The normalized spacial score (nSPS) is 13.0. The third kappa shape index (κ3) is 38.8. The molecule has 0 unspecified atom stereocenters. The second-order valence-electron chi connectivity index (χ2n) is 13.2. The summed E-state index contributed by atoms with van der Waals surface area (Å²) in [7, 11) is -4.76. The molecule has 0 amide bonds. The molecule has 0 saturated carbocycles. The van der Waals surface area contributed by atoms with Crippen molar-refractivity contribution >= 4 is 19.8 Å². The van der Waals surface area contributed by atoms with E-state index in [0.717, 1.165) is 70.6 Å². The van der Waals surface area contributed by atoms with Crippen LogP contribution in [0.4, 0.5) is 0 Å². The summed E-state index contributed by atoms with van der Waals surface area (Å²) in [5.74, 6) is -0.907. The molecule has 0 aromatic heterocycles. The fraction of sp³-hybridized carbons (Fsp3) is 0.756. The van der Waals surface area contributed by atoms with Gasteiger partial charge in [0.15, 0.2) is 6.10 Å². The molecule has 0 spiro atoms. The number of esters is 2. The summed E-state index contributed by atoms with van der Waals surface area (Å²) in [6, 6.07) is 0. The van der Waals surface area contributed by atoms with Crippen LogP contribution in [0.15, 0.2) is 48.6 Å². The van der Waals surface area contributed by atoms with Crippen molar-refractivity contribution in [1.82, 2.24) is 0 Å². The quantitative estimate of drug-likeness (QED) is 0.0284. The number of phosphoric ester groups is 1. The molecule has 1 atom stereocenters.